The number of aliphatic imine (C=N–C) groups is 1. The van der Waals surface area contributed by atoms with Gasteiger partial charge in [-0.1, -0.05) is 17.7 Å². The van der Waals surface area contributed by atoms with Gasteiger partial charge in [-0.15, -0.1) is 0 Å². The summed E-state index contributed by atoms with van der Waals surface area (Å²) in [6.45, 7) is 4.96. The topological polar surface area (TPSA) is 72.5 Å². The molecule has 1 aromatic carbocycles. The number of rotatable bonds is 5. The molecule has 5 nitrogen and oxygen atoms in total. The molecule has 1 aromatic heterocycles. The SMILES string of the molecule is Cc1ccc(NC(N)=NCCOc2ccc(Cl)cn2)cc1C. The van der Waals surface area contributed by atoms with Gasteiger partial charge in [0.25, 0.3) is 0 Å². The number of pyridine rings is 1. The highest BCUT2D eigenvalue weighted by molar-refractivity contribution is 6.30. The van der Waals surface area contributed by atoms with Gasteiger partial charge in [0.1, 0.15) is 6.61 Å². The molecule has 0 bridgehead atoms. The molecule has 3 N–H and O–H groups in total. The van der Waals surface area contributed by atoms with E-state index in [0.717, 1.165) is 5.69 Å². The zero-order valence-corrected chi connectivity index (χ0v) is 13.4. The molecule has 0 saturated carbocycles. The van der Waals surface area contributed by atoms with Crippen molar-refractivity contribution in [3.8, 4) is 5.88 Å². The Morgan fingerprint density at radius 1 is 1.27 bits per heavy atom. The van der Waals surface area contributed by atoms with Gasteiger partial charge in [-0.3, -0.25) is 0 Å². The summed E-state index contributed by atoms with van der Waals surface area (Å²) < 4.78 is 5.44. The minimum atomic E-state index is 0.357. The van der Waals surface area contributed by atoms with Crippen LogP contribution in [-0.4, -0.2) is 24.1 Å². The predicted molar refractivity (Wildman–Crippen MR) is 90.8 cm³/mol. The Balaban J connectivity index is 1.79. The number of anilines is 1. The van der Waals surface area contributed by atoms with Crippen molar-refractivity contribution in [2.75, 3.05) is 18.5 Å². The summed E-state index contributed by atoms with van der Waals surface area (Å²) in [5, 5.41) is 3.63. The van der Waals surface area contributed by atoms with Crippen molar-refractivity contribution < 1.29 is 4.74 Å². The number of benzene rings is 1. The monoisotopic (exact) mass is 318 g/mol. The molecule has 0 radical (unpaired) electrons. The van der Waals surface area contributed by atoms with Gasteiger partial charge in [-0.25, -0.2) is 9.98 Å². The Morgan fingerprint density at radius 3 is 2.77 bits per heavy atom. The van der Waals surface area contributed by atoms with Crippen LogP contribution in [0.25, 0.3) is 0 Å². The molecule has 116 valence electrons. The van der Waals surface area contributed by atoms with Gasteiger partial charge < -0.3 is 15.8 Å². The normalized spacial score (nSPS) is 11.3. The van der Waals surface area contributed by atoms with Crippen molar-refractivity contribution in [2.24, 2.45) is 10.7 Å². The minimum absolute atomic E-state index is 0.357. The number of ether oxygens (including phenoxy) is 1. The number of hydrogen-bond acceptors (Lipinski definition) is 3. The van der Waals surface area contributed by atoms with Crippen LogP contribution in [0.3, 0.4) is 0 Å². The first kappa shape index (κ1) is 16.1. The minimum Gasteiger partial charge on any atom is -0.476 e. The fourth-order valence-electron chi connectivity index (χ4n) is 1.77. The third-order valence-electron chi connectivity index (χ3n) is 3.10. The second-order valence-corrected chi connectivity index (χ2v) is 5.29. The van der Waals surface area contributed by atoms with Crippen LogP contribution < -0.4 is 15.8 Å². The standard InChI is InChI=1S/C16H19ClN4O/c1-11-3-5-14(9-12(11)2)21-16(18)19-7-8-22-15-6-4-13(17)10-20-15/h3-6,9-10H,7-8H2,1-2H3,(H3,18,19,21). The lowest BCUT2D eigenvalue weighted by molar-refractivity contribution is 0.316. The van der Waals surface area contributed by atoms with E-state index in [4.69, 9.17) is 22.1 Å². The molecule has 0 fully saturated rings. The number of guanidine groups is 1. The molecule has 0 atom stereocenters. The van der Waals surface area contributed by atoms with E-state index in [0.29, 0.717) is 30.0 Å². The van der Waals surface area contributed by atoms with E-state index in [2.05, 4.69) is 29.1 Å². The zero-order chi connectivity index (χ0) is 15.9. The smallest absolute Gasteiger partial charge is 0.213 e. The Labute approximate surface area is 135 Å². The first-order chi connectivity index (χ1) is 10.5. The van der Waals surface area contributed by atoms with Crippen molar-refractivity contribution in [1.82, 2.24) is 4.98 Å². The number of nitrogens with zero attached hydrogens (tertiary/aromatic N) is 2. The molecule has 0 unspecified atom stereocenters. The number of aryl methyl sites for hydroxylation is 2. The molecule has 6 heteroatoms. The van der Waals surface area contributed by atoms with Crippen LogP contribution in [0.1, 0.15) is 11.1 Å². The average molecular weight is 319 g/mol. The molecule has 0 saturated heterocycles. The Morgan fingerprint density at radius 2 is 2.09 bits per heavy atom. The lowest BCUT2D eigenvalue weighted by Crippen LogP contribution is -2.23. The van der Waals surface area contributed by atoms with Gasteiger partial charge >= 0.3 is 0 Å². The van der Waals surface area contributed by atoms with E-state index < -0.39 is 0 Å². The van der Waals surface area contributed by atoms with Crippen LogP contribution in [0.15, 0.2) is 41.5 Å². The van der Waals surface area contributed by atoms with Gasteiger partial charge in [0.05, 0.1) is 11.6 Å². The molecule has 0 amide bonds. The fourth-order valence-corrected chi connectivity index (χ4v) is 1.88. The Bertz CT molecular complexity index is 656. The van der Waals surface area contributed by atoms with E-state index >= 15 is 0 Å². The zero-order valence-electron chi connectivity index (χ0n) is 12.6. The van der Waals surface area contributed by atoms with Crippen LogP contribution in [0.5, 0.6) is 5.88 Å². The first-order valence-corrected chi connectivity index (χ1v) is 7.31. The quantitative estimate of drug-likeness (QED) is 0.504. The number of nitrogens with one attached hydrogen (secondary N) is 1. The van der Waals surface area contributed by atoms with Gasteiger partial charge in [0, 0.05) is 18.0 Å². The second-order valence-electron chi connectivity index (χ2n) is 4.85. The van der Waals surface area contributed by atoms with Crippen LogP contribution in [0.2, 0.25) is 5.02 Å². The molecule has 0 spiro atoms. The maximum Gasteiger partial charge on any atom is 0.213 e. The summed E-state index contributed by atoms with van der Waals surface area (Å²) in [6.07, 6.45) is 1.54. The molecule has 0 aliphatic heterocycles. The summed E-state index contributed by atoms with van der Waals surface area (Å²) in [5.74, 6) is 0.871. The van der Waals surface area contributed by atoms with Gasteiger partial charge in [-0.2, -0.15) is 0 Å². The number of hydrogen-bond donors (Lipinski definition) is 2. The molecular formula is C16H19ClN4O. The highest BCUT2D eigenvalue weighted by atomic mass is 35.5. The summed E-state index contributed by atoms with van der Waals surface area (Å²) in [7, 11) is 0. The Kier molecular flexibility index (Phi) is 5.61. The van der Waals surface area contributed by atoms with Gasteiger partial charge in [-0.05, 0) is 43.2 Å². The summed E-state index contributed by atoms with van der Waals surface area (Å²) in [4.78, 5) is 8.24. The lowest BCUT2D eigenvalue weighted by atomic mass is 10.1. The Hall–Kier alpha value is -2.27. The summed E-state index contributed by atoms with van der Waals surface area (Å²) >= 11 is 5.75. The fraction of sp³-hybridized carbons (Fsp3) is 0.250. The van der Waals surface area contributed by atoms with Crippen LogP contribution in [0, 0.1) is 13.8 Å². The van der Waals surface area contributed by atoms with Gasteiger partial charge in [0.2, 0.25) is 5.88 Å². The predicted octanol–water partition coefficient (Wildman–Crippen LogP) is 3.16. The molecule has 0 aliphatic carbocycles. The first-order valence-electron chi connectivity index (χ1n) is 6.93. The maximum absolute atomic E-state index is 5.84. The molecule has 0 aliphatic rings. The van der Waals surface area contributed by atoms with E-state index in [9.17, 15) is 0 Å². The summed E-state index contributed by atoms with van der Waals surface area (Å²) in [6, 6.07) is 9.48. The maximum atomic E-state index is 5.84. The largest absolute Gasteiger partial charge is 0.476 e. The van der Waals surface area contributed by atoms with Crippen molar-refractivity contribution in [3.05, 3.63) is 52.7 Å². The third kappa shape index (κ3) is 4.93. The van der Waals surface area contributed by atoms with E-state index in [-0.39, 0.29) is 0 Å². The van der Waals surface area contributed by atoms with Crippen LogP contribution >= 0.6 is 11.6 Å². The van der Waals surface area contributed by atoms with E-state index in [1.165, 1.54) is 17.3 Å². The highest BCUT2D eigenvalue weighted by Gasteiger charge is 1.98. The highest BCUT2D eigenvalue weighted by Crippen LogP contribution is 2.14. The number of nitrogens with two attached hydrogens (primary N) is 1. The van der Waals surface area contributed by atoms with Crippen molar-refractivity contribution in [1.29, 1.82) is 0 Å². The lowest BCUT2D eigenvalue weighted by Gasteiger charge is -2.08. The third-order valence-corrected chi connectivity index (χ3v) is 3.33. The molecule has 2 rings (SSSR count). The molecule has 1 heterocycles. The van der Waals surface area contributed by atoms with Crippen molar-refractivity contribution in [2.45, 2.75) is 13.8 Å². The number of halogens is 1. The second kappa shape index (κ2) is 7.66. The van der Waals surface area contributed by atoms with E-state index in [1.807, 2.05) is 18.2 Å². The molecule has 2 aromatic rings. The molecular weight excluding hydrogens is 300 g/mol. The van der Waals surface area contributed by atoms with Gasteiger partial charge in [0.15, 0.2) is 5.96 Å². The van der Waals surface area contributed by atoms with Crippen molar-refractivity contribution >= 4 is 23.2 Å². The van der Waals surface area contributed by atoms with E-state index in [1.54, 1.807) is 12.1 Å². The average Bonchev–Trinajstić information content (AvgIpc) is 2.49. The number of aromatic nitrogens is 1. The van der Waals surface area contributed by atoms with Crippen molar-refractivity contribution in [3.63, 3.8) is 0 Å². The van der Waals surface area contributed by atoms with Crippen LogP contribution in [-0.2, 0) is 0 Å². The molecule has 22 heavy (non-hydrogen) atoms. The van der Waals surface area contributed by atoms with Crippen LogP contribution in [0.4, 0.5) is 5.69 Å². The summed E-state index contributed by atoms with van der Waals surface area (Å²) in [5.41, 5.74) is 9.21.